The Bertz CT molecular complexity index is 1320. The van der Waals surface area contributed by atoms with Gasteiger partial charge in [0.2, 0.25) is 5.91 Å². The highest BCUT2D eigenvalue weighted by Gasteiger charge is 2.35. The molecule has 1 heterocycles. The second-order valence-corrected chi connectivity index (χ2v) is 11.3. The summed E-state index contributed by atoms with van der Waals surface area (Å²) in [5.74, 6) is -1.05. The molecule has 0 bridgehead atoms. The van der Waals surface area contributed by atoms with Crippen LogP contribution in [0, 0.1) is 0 Å². The maximum atomic E-state index is 13.2. The van der Waals surface area contributed by atoms with Crippen LogP contribution in [0.3, 0.4) is 0 Å². The van der Waals surface area contributed by atoms with Gasteiger partial charge in [0.1, 0.15) is 0 Å². The Kier molecular flexibility index (Phi) is 7.75. The van der Waals surface area contributed by atoms with Crippen LogP contribution in [-0.2, 0) is 20.8 Å². The lowest BCUT2D eigenvalue weighted by Crippen LogP contribution is -2.63. The van der Waals surface area contributed by atoms with Gasteiger partial charge in [0.15, 0.2) is 9.84 Å². The van der Waals surface area contributed by atoms with Gasteiger partial charge in [0.25, 0.3) is 5.91 Å². The van der Waals surface area contributed by atoms with E-state index in [-0.39, 0.29) is 35.0 Å². The first-order chi connectivity index (χ1) is 17.4. The van der Waals surface area contributed by atoms with E-state index in [1.54, 1.807) is 23.1 Å². The first kappa shape index (κ1) is 26.9. The largest absolute Gasteiger partial charge is 0.416 e. The van der Waals surface area contributed by atoms with Gasteiger partial charge in [-0.05, 0) is 60.7 Å². The molecule has 2 aromatic rings. The standard InChI is InChI=1S/C26H28F3N3O4S/c1-37(35,36)23-7-3-4-18(13-23)17-8-10-21(11-9-17)32(22-14-30-15-22)24(33)16-31-25(34)19-5-2-6-20(12-19)26(27,28)29/h2-8,12-13,21-22,30H,9-11,14-16H2,1H3,(H,31,34). The molecular formula is C26H28F3N3O4S. The number of rotatable bonds is 7. The van der Waals surface area contributed by atoms with Gasteiger partial charge in [0.05, 0.1) is 23.0 Å². The summed E-state index contributed by atoms with van der Waals surface area (Å²) >= 11 is 0. The lowest BCUT2D eigenvalue weighted by atomic mass is 9.88. The van der Waals surface area contributed by atoms with Crippen molar-refractivity contribution in [3.05, 3.63) is 71.3 Å². The minimum atomic E-state index is -4.57. The van der Waals surface area contributed by atoms with Crippen molar-refractivity contribution >= 4 is 27.2 Å². The fraction of sp³-hybridized carbons (Fsp3) is 0.385. The number of amides is 2. The van der Waals surface area contributed by atoms with Crippen LogP contribution >= 0.6 is 0 Å². The molecule has 0 radical (unpaired) electrons. The zero-order valence-electron chi connectivity index (χ0n) is 20.2. The first-order valence-corrected chi connectivity index (χ1v) is 13.8. The van der Waals surface area contributed by atoms with E-state index in [2.05, 4.69) is 10.6 Å². The quantitative estimate of drug-likeness (QED) is 0.568. The van der Waals surface area contributed by atoms with Crippen LogP contribution < -0.4 is 10.6 Å². The number of carbonyl (C=O) groups is 2. The van der Waals surface area contributed by atoms with Crippen LogP contribution in [0.1, 0.15) is 40.7 Å². The summed E-state index contributed by atoms with van der Waals surface area (Å²) in [5, 5.41) is 5.61. The van der Waals surface area contributed by atoms with E-state index >= 15 is 0 Å². The summed E-state index contributed by atoms with van der Waals surface area (Å²) in [6.45, 7) is 0.919. The van der Waals surface area contributed by atoms with Gasteiger partial charge >= 0.3 is 6.18 Å². The maximum Gasteiger partial charge on any atom is 0.416 e. The molecule has 1 fully saturated rings. The normalized spacial score (nSPS) is 18.5. The summed E-state index contributed by atoms with van der Waals surface area (Å²) in [6, 6.07) is 10.7. The molecule has 2 N–H and O–H groups in total. The molecule has 1 unspecified atom stereocenters. The van der Waals surface area contributed by atoms with Crippen LogP contribution in [0.25, 0.3) is 5.57 Å². The third-order valence-electron chi connectivity index (χ3n) is 6.70. The first-order valence-electron chi connectivity index (χ1n) is 11.9. The smallest absolute Gasteiger partial charge is 0.343 e. The molecule has 7 nitrogen and oxygen atoms in total. The van der Waals surface area contributed by atoms with Gasteiger partial charge < -0.3 is 15.5 Å². The van der Waals surface area contributed by atoms with Crippen LogP contribution in [0.2, 0.25) is 0 Å². The zero-order valence-corrected chi connectivity index (χ0v) is 21.0. The Morgan fingerprint density at radius 3 is 2.41 bits per heavy atom. The van der Waals surface area contributed by atoms with Gasteiger partial charge in [-0.2, -0.15) is 13.2 Å². The zero-order chi connectivity index (χ0) is 26.8. The number of sulfone groups is 1. The molecule has 1 saturated heterocycles. The van der Waals surface area contributed by atoms with Gasteiger partial charge in [0, 0.05) is 31.0 Å². The Morgan fingerprint density at radius 2 is 1.81 bits per heavy atom. The van der Waals surface area contributed by atoms with E-state index in [0.29, 0.717) is 32.4 Å². The van der Waals surface area contributed by atoms with Crippen molar-refractivity contribution in [3.63, 3.8) is 0 Å². The summed E-state index contributed by atoms with van der Waals surface area (Å²) in [6.07, 6.45) is 0.501. The summed E-state index contributed by atoms with van der Waals surface area (Å²) < 4.78 is 62.7. The number of nitrogens with one attached hydrogen (secondary N) is 2. The van der Waals surface area contributed by atoms with Crippen LogP contribution in [0.15, 0.2) is 59.5 Å². The predicted molar refractivity (Wildman–Crippen MR) is 132 cm³/mol. The SMILES string of the molecule is CS(=O)(=O)c1cccc(C2=CCC(N(C(=O)CNC(=O)c3cccc(C(F)(F)F)c3)C3CNC3)CC2)c1. The second-order valence-electron chi connectivity index (χ2n) is 9.33. The van der Waals surface area contributed by atoms with E-state index in [9.17, 15) is 31.2 Å². The number of hydrogen-bond donors (Lipinski definition) is 2. The molecule has 198 valence electrons. The maximum absolute atomic E-state index is 13.2. The molecule has 1 atom stereocenters. The average molecular weight is 536 g/mol. The molecule has 1 aliphatic carbocycles. The molecule has 37 heavy (non-hydrogen) atoms. The Hall–Kier alpha value is -3.18. The molecule has 11 heteroatoms. The molecule has 1 aliphatic heterocycles. The molecule has 2 aromatic carbocycles. The third kappa shape index (κ3) is 6.40. The monoisotopic (exact) mass is 535 g/mol. The lowest BCUT2D eigenvalue weighted by Gasteiger charge is -2.44. The minimum absolute atomic E-state index is 0.0357. The Labute approximate surface area is 213 Å². The summed E-state index contributed by atoms with van der Waals surface area (Å²) in [5.41, 5.74) is 0.748. The molecule has 0 saturated carbocycles. The highest BCUT2D eigenvalue weighted by Crippen LogP contribution is 2.32. The topological polar surface area (TPSA) is 95.6 Å². The Morgan fingerprint density at radius 1 is 1.08 bits per heavy atom. The number of alkyl halides is 3. The number of halogens is 3. The fourth-order valence-corrected chi connectivity index (χ4v) is 5.29. The minimum Gasteiger partial charge on any atom is -0.343 e. The molecule has 0 aromatic heterocycles. The van der Waals surface area contributed by atoms with Crippen molar-refractivity contribution in [1.82, 2.24) is 15.5 Å². The van der Waals surface area contributed by atoms with E-state index in [4.69, 9.17) is 0 Å². The Balaban J connectivity index is 1.43. The number of nitrogens with zero attached hydrogens (tertiary/aromatic N) is 1. The van der Waals surface area contributed by atoms with Crippen LogP contribution in [0.5, 0.6) is 0 Å². The van der Waals surface area contributed by atoms with Crippen LogP contribution in [-0.4, -0.2) is 63.1 Å². The van der Waals surface area contributed by atoms with E-state index < -0.39 is 27.5 Å². The van der Waals surface area contributed by atoms with Gasteiger partial charge in [-0.1, -0.05) is 24.3 Å². The highest BCUT2D eigenvalue weighted by atomic mass is 32.2. The van der Waals surface area contributed by atoms with E-state index in [1.807, 2.05) is 12.1 Å². The van der Waals surface area contributed by atoms with Gasteiger partial charge in [-0.3, -0.25) is 9.59 Å². The van der Waals surface area contributed by atoms with Crippen molar-refractivity contribution in [2.75, 3.05) is 25.9 Å². The van der Waals surface area contributed by atoms with Crippen LogP contribution in [0.4, 0.5) is 13.2 Å². The summed E-state index contributed by atoms with van der Waals surface area (Å²) in [4.78, 5) is 27.6. The number of carbonyl (C=O) groups excluding carboxylic acids is 2. The number of benzene rings is 2. The van der Waals surface area contributed by atoms with Gasteiger partial charge in [-0.25, -0.2) is 8.42 Å². The van der Waals surface area contributed by atoms with E-state index in [0.717, 1.165) is 29.3 Å². The van der Waals surface area contributed by atoms with E-state index in [1.165, 1.54) is 12.3 Å². The third-order valence-corrected chi connectivity index (χ3v) is 7.81. The highest BCUT2D eigenvalue weighted by molar-refractivity contribution is 7.90. The molecule has 0 spiro atoms. The van der Waals surface area contributed by atoms with Crippen molar-refractivity contribution < 1.29 is 31.2 Å². The fourth-order valence-electron chi connectivity index (χ4n) is 4.62. The average Bonchev–Trinajstić information content (AvgIpc) is 2.83. The molecular weight excluding hydrogens is 507 g/mol. The second kappa shape index (κ2) is 10.7. The predicted octanol–water partition coefficient (Wildman–Crippen LogP) is 3.28. The van der Waals surface area contributed by atoms with Crippen molar-refractivity contribution in [1.29, 1.82) is 0 Å². The molecule has 2 aliphatic rings. The van der Waals surface area contributed by atoms with Crippen molar-refractivity contribution in [3.8, 4) is 0 Å². The lowest BCUT2D eigenvalue weighted by molar-refractivity contribution is -0.138. The molecule has 2 amide bonds. The van der Waals surface area contributed by atoms with Crippen molar-refractivity contribution in [2.24, 2.45) is 0 Å². The number of hydrogen-bond acceptors (Lipinski definition) is 5. The van der Waals surface area contributed by atoms with Crippen molar-refractivity contribution in [2.45, 2.75) is 42.4 Å². The summed E-state index contributed by atoms with van der Waals surface area (Å²) in [7, 11) is -3.33. The van der Waals surface area contributed by atoms with Gasteiger partial charge in [-0.15, -0.1) is 0 Å². The molecule has 4 rings (SSSR count). The number of allylic oxidation sites excluding steroid dienone is 1.